The summed E-state index contributed by atoms with van der Waals surface area (Å²) in [5, 5.41) is 10.4. The van der Waals surface area contributed by atoms with E-state index >= 15 is 0 Å². The lowest BCUT2D eigenvalue weighted by Crippen LogP contribution is -2.42. The molecule has 0 aromatic carbocycles. The van der Waals surface area contributed by atoms with Crippen molar-refractivity contribution in [3.8, 4) is 0 Å². The Bertz CT molecular complexity index is 392. The fourth-order valence-electron chi connectivity index (χ4n) is 2.87. The average Bonchev–Trinajstić information content (AvgIpc) is 2.87. The van der Waals surface area contributed by atoms with Gasteiger partial charge in [-0.15, -0.1) is 0 Å². The van der Waals surface area contributed by atoms with Crippen LogP contribution in [0.25, 0.3) is 0 Å². The maximum Gasteiger partial charge on any atom is 0.157 e. The first-order valence-corrected chi connectivity index (χ1v) is 6.46. The van der Waals surface area contributed by atoms with Crippen LogP contribution in [0.2, 0.25) is 0 Å². The smallest absolute Gasteiger partial charge is 0.157 e. The van der Waals surface area contributed by atoms with Gasteiger partial charge in [-0.1, -0.05) is 0 Å². The van der Waals surface area contributed by atoms with Crippen LogP contribution < -0.4 is 0 Å². The van der Waals surface area contributed by atoms with Crippen molar-refractivity contribution in [1.29, 1.82) is 0 Å². The number of ether oxygens (including phenoxy) is 2. The monoisotopic (exact) mass is 250 g/mol. The van der Waals surface area contributed by atoms with E-state index in [1.807, 2.05) is 0 Å². The molecule has 2 fully saturated rings. The van der Waals surface area contributed by atoms with E-state index in [2.05, 4.69) is 9.97 Å². The second kappa shape index (κ2) is 4.91. The first-order valence-electron chi connectivity index (χ1n) is 6.46. The second-order valence-electron chi connectivity index (χ2n) is 5.14. The van der Waals surface area contributed by atoms with Crippen molar-refractivity contribution in [2.45, 2.75) is 31.0 Å². The molecule has 2 saturated heterocycles. The van der Waals surface area contributed by atoms with Gasteiger partial charge in [0.05, 0.1) is 12.2 Å². The Morgan fingerprint density at radius 1 is 1.33 bits per heavy atom. The zero-order valence-corrected chi connectivity index (χ0v) is 10.3. The fraction of sp³-hybridized carbons (Fsp3) is 0.692. The molecule has 2 aliphatic rings. The fourth-order valence-corrected chi connectivity index (χ4v) is 2.87. The molecule has 3 heterocycles. The van der Waals surface area contributed by atoms with E-state index in [1.54, 1.807) is 18.5 Å². The number of rotatable bonds is 2. The molecule has 1 aromatic heterocycles. The standard InChI is InChI=1S/C13H18N2O3/c16-11(12-14-4-1-5-15-12)10-2-6-18-13(8-10)3-7-17-9-13/h1,4-5,10-11,16H,2-3,6-9H2. The highest BCUT2D eigenvalue weighted by atomic mass is 16.6. The summed E-state index contributed by atoms with van der Waals surface area (Å²) in [5.41, 5.74) is -0.182. The summed E-state index contributed by atoms with van der Waals surface area (Å²) in [7, 11) is 0. The zero-order chi connectivity index (χ0) is 12.4. The lowest BCUT2D eigenvalue weighted by atomic mass is 9.82. The highest BCUT2D eigenvalue weighted by Gasteiger charge is 2.43. The average molecular weight is 250 g/mol. The summed E-state index contributed by atoms with van der Waals surface area (Å²) in [5.74, 6) is 0.668. The van der Waals surface area contributed by atoms with Crippen molar-refractivity contribution in [2.24, 2.45) is 5.92 Å². The SMILES string of the molecule is OC(c1ncccn1)C1CCOC2(CCOC2)C1. The topological polar surface area (TPSA) is 64.5 Å². The van der Waals surface area contributed by atoms with Gasteiger partial charge in [-0.05, 0) is 24.8 Å². The summed E-state index contributed by atoms with van der Waals surface area (Å²) in [6.45, 7) is 2.08. The Labute approximate surface area is 106 Å². The molecular weight excluding hydrogens is 232 g/mol. The minimum absolute atomic E-state index is 0.155. The molecule has 3 unspecified atom stereocenters. The predicted molar refractivity (Wildman–Crippen MR) is 63.8 cm³/mol. The summed E-state index contributed by atoms with van der Waals surface area (Å²) in [4.78, 5) is 8.27. The normalized spacial score (nSPS) is 33.7. The van der Waals surface area contributed by atoms with Crippen LogP contribution in [0.5, 0.6) is 0 Å². The molecule has 0 bridgehead atoms. The van der Waals surface area contributed by atoms with Crippen molar-refractivity contribution in [2.75, 3.05) is 19.8 Å². The molecule has 0 saturated carbocycles. The van der Waals surface area contributed by atoms with Crippen LogP contribution in [-0.2, 0) is 9.47 Å². The predicted octanol–water partition coefficient (Wildman–Crippen LogP) is 1.10. The highest BCUT2D eigenvalue weighted by molar-refractivity contribution is 4.99. The molecule has 98 valence electrons. The van der Waals surface area contributed by atoms with E-state index in [1.165, 1.54) is 0 Å². The zero-order valence-electron chi connectivity index (χ0n) is 10.3. The summed E-state index contributed by atoms with van der Waals surface area (Å²) in [6.07, 6.45) is 5.32. The number of aromatic nitrogens is 2. The first-order chi connectivity index (χ1) is 8.79. The molecule has 5 heteroatoms. The molecule has 1 N–H and O–H groups in total. The molecule has 3 rings (SSSR count). The Hall–Kier alpha value is -1.04. The van der Waals surface area contributed by atoms with Crippen molar-refractivity contribution in [1.82, 2.24) is 9.97 Å². The van der Waals surface area contributed by atoms with Crippen LogP contribution in [-0.4, -0.2) is 40.5 Å². The number of aliphatic hydroxyl groups excluding tert-OH is 1. The number of aliphatic hydroxyl groups is 1. The van der Waals surface area contributed by atoms with Gasteiger partial charge >= 0.3 is 0 Å². The van der Waals surface area contributed by atoms with Gasteiger partial charge < -0.3 is 14.6 Å². The molecule has 0 radical (unpaired) electrons. The van der Waals surface area contributed by atoms with E-state index in [0.717, 1.165) is 25.9 Å². The van der Waals surface area contributed by atoms with Crippen LogP contribution in [0.4, 0.5) is 0 Å². The number of hydrogen-bond acceptors (Lipinski definition) is 5. The van der Waals surface area contributed by atoms with E-state index in [-0.39, 0.29) is 11.5 Å². The lowest BCUT2D eigenvalue weighted by Gasteiger charge is -2.38. The molecule has 2 aliphatic heterocycles. The van der Waals surface area contributed by atoms with Gasteiger partial charge in [0.25, 0.3) is 0 Å². The van der Waals surface area contributed by atoms with Crippen molar-refractivity contribution in [3.63, 3.8) is 0 Å². The summed E-state index contributed by atoms with van der Waals surface area (Å²) in [6, 6.07) is 1.76. The highest BCUT2D eigenvalue weighted by Crippen LogP contribution is 2.40. The maximum absolute atomic E-state index is 10.4. The van der Waals surface area contributed by atoms with Crippen LogP contribution in [0.3, 0.4) is 0 Å². The van der Waals surface area contributed by atoms with Crippen molar-refractivity contribution < 1.29 is 14.6 Å². The minimum Gasteiger partial charge on any atom is -0.385 e. The molecule has 1 aromatic rings. The Balaban J connectivity index is 1.72. The molecular formula is C13H18N2O3. The molecule has 3 atom stereocenters. The third kappa shape index (κ3) is 2.25. The van der Waals surface area contributed by atoms with Gasteiger partial charge in [-0.3, -0.25) is 0 Å². The lowest BCUT2D eigenvalue weighted by molar-refractivity contribution is -0.118. The van der Waals surface area contributed by atoms with Gasteiger partial charge in [0.2, 0.25) is 0 Å². The maximum atomic E-state index is 10.4. The van der Waals surface area contributed by atoms with Crippen molar-refractivity contribution >= 4 is 0 Å². The Kier molecular flexibility index (Phi) is 3.28. The summed E-state index contributed by atoms with van der Waals surface area (Å²) >= 11 is 0. The first kappa shape index (κ1) is 12.0. The van der Waals surface area contributed by atoms with Crippen molar-refractivity contribution in [3.05, 3.63) is 24.3 Å². The Morgan fingerprint density at radius 3 is 2.89 bits per heavy atom. The number of hydrogen-bond donors (Lipinski definition) is 1. The van der Waals surface area contributed by atoms with Crippen LogP contribution >= 0.6 is 0 Å². The largest absolute Gasteiger partial charge is 0.385 e. The van der Waals surface area contributed by atoms with E-state index < -0.39 is 6.10 Å². The van der Waals surface area contributed by atoms with E-state index in [0.29, 0.717) is 19.0 Å². The van der Waals surface area contributed by atoms with Crippen LogP contribution in [0.1, 0.15) is 31.2 Å². The number of nitrogens with zero attached hydrogens (tertiary/aromatic N) is 2. The quantitative estimate of drug-likeness (QED) is 0.851. The van der Waals surface area contributed by atoms with Gasteiger partial charge in [0, 0.05) is 32.0 Å². The van der Waals surface area contributed by atoms with E-state index in [9.17, 15) is 5.11 Å². The summed E-state index contributed by atoms with van der Waals surface area (Å²) < 4.78 is 11.3. The molecule has 0 amide bonds. The second-order valence-corrected chi connectivity index (χ2v) is 5.14. The van der Waals surface area contributed by atoms with E-state index in [4.69, 9.17) is 9.47 Å². The minimum atomic E-state index is -0.604. The van der Waals surface area contributed by atoms with Gasteiger partial charge in [0.1, 0.15) is 6.10 Å². The van der Waals surface area contributed by atoms with Gasteiger partial charge in [-0.25, -0.2) is 9.97 Å². The molecule has 1 spiro atoms. The van der Waals surface area contributed by atoms with Crippen LogP contribution in [0.15, 0.2) is 18.5 Å². The van der Waals surface area contributed by atoms with Gasteiger partial charge in [-0.2, -0.15) is 0 Å². The molecule has 18 heavy (non-hydrogen) atoms. The molecule has 0 aliphatic carbocycles. The third-order valence-electron chi connectivity index (χ3n) is 3.90. The Morgan fingerprint density at radius 2 is 2.17 bits per heavy atom. The molecule has 5 nitrogen and oxygen atoms in total. The van der Waals surface area contributed by atoms with Crippen LogP contribution in [0, 0.1) is 5.92 Å². The third-order valence-corrected chi connectivity index (χ3v) is 3.90. The van der Waals surface area contributed by atoms with Gasteiger partial charge in [0.15, 0.2) is 5.82 Å².